The average molecular weight is 466 g/mol. The normalized spacial score (nSPS) is 11.0. The summed E-state index contributed by atoms with van der Waals surface area (Å²) < 4.78 is 0.947. The van der Waals surface area contributed by atoms with Crippen molar-refractivity contribution in [2.24, 2.45) is 5.10 Å². The molecule has 162 valence electrons. The van der Waals surface area contributed by atoms with Crippen LogP contribution in [0, 0.1) is 0 Å². The molecule has 1 aromatic carbocycles. The minimum Gasteiger partial charge on any atom is -0.347 e. The van der Waals surface area contributed by atoms with E-state index in [1.54, 1.807) is 6.21 Å². The Morgan fingerprint density at radius 3 is 2.17 bits per heavy atom. The number of hydrogen-bond acceptors (Lipinski definition) is 3. The van der Waals surface area contributed by atoms with E-state index in [0.29, 0.717) is 6.42 Å². The molecule has 0 fully saturated rings. The molecule has 0 saturated carbocycles. The average Bonchev–Trinajstić information content (AvgIpc) is 2.70. The van der Waals surface area contributed by atoms with Crippen LogP contribution >= 0.6 is 15.9 Å². The Bertz CT molecular complexity index is 620. The highest BCUT2D eigenvalue weighted by molar-refractivity contribution is 9.10. The smallest absolute Gasteiger partial charge is 0.259 e. The van der Waals surface area contributed by atoms with Gasteiger partial charge >= 0.3 is 0 Å². The van der Waals surface area contributed by atoms with Crippen LogP contribution in [0.5, 0.6) is 0 Å². The summed E-state index contributed by atoms with van der Waals surface area (Å²) in [6.07, 6.45) is 15.9. The van der Waals surface area contributed by atoms with Gasteiger partial charge in [0.2, 0.25) is 5.91 Å². The van der Waals surface area contributed by atoms with Crippen LogP contribution in [0.2, 0.25) is 0 Å². The number of carbonyl (C=O) groups excluding carboxylic acids is 2. The second-order valence-corrected chi connectivity index (χ2v) is 8.33. The molecule has 0 saturated heterocycles. The van der Waals surface area contributed by atoms with E-state index in [1.807, 2.05) is 24.3 Å². The van der Waals surface area contributed by atoms with Crippen molar-refractivity contribution in [2.75, 3.05) is 6.54 Å². The summed E-state index contributed by atoms with van der Waals surface area (Å²) >= 11 is 3.38. The lowest BCUT2D eigenvalue weighted by atomic mass is 10.1. The largest absolute Gasteiger partial charge is 0.347 e. The zero-order valence-electron chi connectivity index (χ0n) is 17.7. The fourth-order valence-corrected chi connectivity index (χ4v) is 3.44. The molecule has 0 aliphatic rings. The monoisotopic (exact) mass is 465 g/mol. The Balaban J connectivity index is 1.96. The number of benzene rings is 1. The molecule has 2 amide bonds. The van der Waals surface area contributed by atoms with Crippen molar-refractivity contribution in [3.63, 3.8) is 0 Å². The van der Waals surface area contributed by atoms with Crippen molar-refractivity contribution in [1.29, 1.82) is 0 Å². The third-order valence-corrected chi connectivity index (χ3v) is 5.20. The molecular formula is C23H36BrN3O2. The van der Waals surface area contributed by atoms with Crippen LogP contribution in [-0.4, -0.2) is 24.6 Å². The maximum atomic E-state index is 11.8. The number of hydrogen-bond donors (Lipinski definition) is 2. The van der Waals surface area contributed by atoms with Gasteiger partial charge < -0.3 is 5.32 Å². The summed E-state index contributed by atoms with van der Waals surface area (Å²) in [7, 11) is 0. The van der Waals surface area contributed by atoms with Crippen LogP contribution in [0.4, 0.5) is 0 Å². The van der Waals surface area contributed by atoms with Gasteiger partial charge in [0.1, 0.15) is 0 Å². The molecule has 0 unspecified atom stereocenters. The minimum atomic E-state index is -0.330. The number of rotatable bonds is 16. The van der Waals surface area contributed by atoms with Crippen molar-refractivity contribution in [1.82, 2.24) is 10.7 Å². The Morgan fingerprint density at radius 2 is 1.55 bits per heavy atom. The molecule has 0 spiro atoms. The summed E-state index contributed by atoms with van der Waals surface area (Å²) in [6, 6.07) is 7.59. The Kier molecular flexibility index (Phi) is 15.0. The first kappa shape index (κ1) is 25.3. The Hall–Kier alpha value is -1.69. The second-order valence-electron chi connectivity index (χ2n) is 7.41. The van der Waals surface area contributed by atoms with E-state index in [1.165, 1.54) is 57.8 Å². The summed E-state index contributed by atoms with van der Waals surface area (Å²) in [6.45, 7) is 2.20. The first-order valence-corrected chi connectivity index (χ1v) is 11.7. The zero-order valence-corrected chi connectivity index (χ0v) is 19.3. The highest BCUT2D eigenvalue weighted by Gasteiger charge is 2.04. The predicted molar refractivity (Wildman–Crippen MR) is 124 cm³/mol. The topological polar surface area (TPSA) is 70.6 Å². The molecule has 1 rings (SSSR count). The van der Waals surface area contributed by atoms with Crippen LogP contribution in [0.25, 0.3) is 0 Å². The van der Waals surface area contributed by atoms with E-state index in [2.05, 4.69) is 38.7 Å². The maximum absolute atomic E-state index is 11.8. The molecule has 6 heteroatoms. The van der Waals surface area contributed by atoms with Crippen molar-refractivity contribution in [2.45, 2.75) is 84.0 Å². The second kappa shape index (κ2) is 17.2. The molecule has 0 aromatic heterocycles. The molecule has 0 atom stereocenters. The molecule has 5 nitrogen and oxygen atoms in total. The van der Waals surface area contributed by atoms with Crippen LogP contribution in [-0.2, 0) is 9.59 Å². The van der Waals surface area contributed by atoms with Gasteiger partial charge in [-0.25, -0.2) is 5.43 Å². The summed E-state index contributed by atoms with van der Waals surface area (Å²) in [5.41, 5.74) is 3.29. The van der Waals surface area contributed by atoms with Gasteiger partial charge in [-0.1, -0.05) is 99.2 Å². The molecule has 0 radical (unpaired) electrons. The quantitative estimate of drug-likeness (QED) is 0.186. The number of amides is 2. The van der Waals surface area contributed by atoms with Gasteiger partial charge in [-0.2, -0.15) is 5.10 Å². The number of halogens is 1. The van der Waals surface area contributed by atoms with Crippen LogP contribution in [0.15, 0.2) is 33.8 Å². The van der Waals surface area contributed by atoms with Gasteiger partial charge in [0.15, 0.2) is 0 Å². The number of nitrogens with zero attached hydrogens (tertiary/aromatic N) is 1. The Morgan fingerprint density at radius 1 is 0.931 bits per heavy atom. The Labute approximate surface area is 184 Å². The summed E-state index contributed by atoms with van der Waals surface area (Å²) in [5.74, 6) is -0.407. The van der Waals surface area contributed by atoms with Crippen molar-refractivity contribution in [3.8, 4) is 0 Å². The van der Waals surface area contributed by atoms with Gasteiger partial charge in [0.25, 0.3) is 5.91 Å². The molecule has 0 aliphatic heterocycles. The molecule has 29 heavy (non-hydrogen) atoms. The van der Waals surface area contributed by atoms with E-state index >= 15 is 0 Å². The number of unbranched alkanes of at least 4 members (excludes halogenated alkanes) is 10. The highest BCUT2D eigenvalue weighted by Crippen LogP contribution is 2.12. The van der Waals surface area contributed by atoms with E-state index in [0.717, 1.165) is 22.9 Å². The minimum absolute atomic E-state index is 0.0489. The predicted octanol–water partition coefficient (Wildman–Crippen LogP) is 5.72. The first-order chi connectivity index (χ1) is 14.1. The lowest BCUT2D eigenvalue weighted by molar-refractivity contribution is -0.126. The van der Waals surface area contributed by atoms with E-state index in [4.69, 9.17) is 0 Å². The molecular weight excluding hydrogens is 430 g/mol. The molecule has 0 bridgehead atoms. The first-order valence-electron chi connectivity index (χ1n) is 11.0. The van der Waals surface area contributed by atoms with Gasteiger partial charge in [0, 0.05) is 10.9 Å². The van der Waals surface area contributed by atoms with Gasteiger partial charge in [0.05, 0.1) is 12.8 Å². The zero-order chi connectivity index (χ0) is 21.2. The number of nitrogens with one attached hydrogen (secondary N) is 2. The van der Waals surface area contributed by atoms with Crippen molar-refractivity contribution < 1.29 is 9.59 Å². The summed E-state index contributed by atoms with van der Waals surface area (Å²) in [5, 5.41) is 6.54. The number of carbonyl (C=O) groups is 2. The highest BCUT2D eigenvalue weighted by atomic mass is 79.9. The van der Waals surface area contributed by atoms with Gasteiger partial charge in [-0.3, -0.25) is 9.59 Å². The van der Waals surface area contributed by atoms with Crippen LogP contribution in [0.3, 0.4) is 0 Å². The third kappa shape index (κ3) is 14.9. The van der Waals surface area contributed by atoms with Crippen LogP contribution in [0.1, 0.15) is 89.5 Å². The van der Waals surface area contributed by atoms with Crippen molar-refractivity contribution in [3.05, 3.63) is 34.3 Å². The van der Waals surface area contributed by atoms with E-state index < -0.39 is 0 Å². The molecule has 2 N–H and O–H groups in total. The van der Waals surface area contributed by atoms with Gasteiger partial charge in [-0.15, -0.1) is 0 Å². The van der Waals surface area contributed by atoms with Gasteiger partial charge in [-0.05, 0) is 24.1 Å². The van der Waals surface area contributed by atoms with E-state index in [9.17, 15) is 9.59 Å². The fourth-order valence-electron chi connectivity index (χ4n) is 3.02. The van der Waals surface area contributed by atoms with Crippen LogP contribution < -0.4 is 10.7 Å². The molecule has 1 aromatic rings. The summed E-state index contributed by atoms with van der Waals surface area (Å²) in [4.78, 5) is 23.5. The fraction of sp³-hybridized carbons (Fsp3) is 0.609. The molecule has 0 aliphatic carbocycles. The number of hydrazone groups is 1. The van der Waals surface area contributed by atoms with Crippen molar-refractivity contribution >= 4 is 34.0 Å². The third-order valence-electron chi connectivity index (χ3n) is 4.71. The van der Waals surface area contributed by atoms with E-state index in [-0.39, 0.29) is 18.4 Å². The molecule has 0 heterocycles. The standard InChI is InChI=1S/C23H36BrN3O2/c1-2-3-4-5-6-7-8-9-10-11-12-16-22(28)25-19-23(29)27-26-18-20-14-13-15-21(24)17-20/h13-15,17-18H,2-12,16,19H2,1H3,(H,25,28)(H,27,29)/b26-18-. The maximum Gasteiger partial charge on any atom is 0.259 e. The SMILES string of the molecule is CCCCCCCCCCCCCC(=O)NCC(=O)N/N=C\c1cccc(Br)c1. The lowest BCUT2D eigenvalue weighted by Crippen LogP contribution is -2.34. The lowest BCUT2D eigenvalue weighted by Gasteiger charge is -2.05.